The molecular weight excluding hydrogens is 320 g/mol. The zero-order valence-corrected chi connectivity index (χ0v) is 15.9. The molecule has 132 valence electrons. The van der Waals surface area contributed by atoms with Gasteiger partial charge >= 0.3 is 0 Å². The smallest absolute Gasteiger partial charge is 0.251 e. The SMILES string of the molecule is CCNCCCNC(=O)c1ccc2c(c1)sc(=NC)n2[C@@H](C)CC. The number of benzene rings is 1. The van der Waals surface area contributed by atoms with E-state index in [0.717, 1.165) is 40.9 Å². The Morgan fingerprint density at radius 3 is 2.79 bits per heavy atom. The second-order valence-corrected chi connectivity index (χ2v) is 6.89. The highest BCUT2D eigenvalue weighted by molar-refractivity contribution is 7.16. The minimum atomic E-state index is -0.00752. The van der Waals surface area contributed by atoms with Crippen LogP contribution >= 0.6 is 11.3 Å². The van der Waals surface area contributed by atoms with Crippen molar-refractivity contribution < 1.29 is 4.79 Å². The number of fused-ring (bicyclic) bond motifs is 1. The van der Waals surface area contributed by atoms with E-state index in [0.29, 0.717) is 18.2 Å². The third-order valence-corrected chi connectivity index (χ3v) is 5.29. The summed E-state index contributed by atoms with van der Waals surface area (Å²) in [6.07, 6.45) is 1.99. The van der Waals surface area contributed by atoms with E-state index in [1.54, 1.807) is 11.3 Å². The number of aromatic nitrogens is 1. The Morgan fingerprint density at radius 2 is 2.12 bits per heavy atom. The molecule has 6 heteroatoms. The van der Waals surface area contributed by atoms with Crippen LogP contribution in [0.1, 0.15) is 50.0 Å². The zero-order chi connectivity index (χ0) is 17.5. The van der Waals surface area contributed by atoms with Crippen molar-refractivity contribution in [3.63, 3.8) is 0 Å². The molecule has 24 heavy (non-hydrogen) atoms. The molecule has 0 radical (unpaired) electrons. The summed E-state index contributed by atoms with van der Waals surface area (Å²) >= 11 is 1.64. The average Bonchev–Trinajstić information content (AvgIpc) is 2.98. The van der Waals surface area contributed by atoms with Crippen LogP contribution in [0, 0.1) is 0 Å². The van der Waals surface area contributed by atoms with Crippen molar-refractivity contribution in [1.82, 2.24) is 15.2 Å². The van der Waals surface area contributed by atoms with Gasteiger partial charge in [-0.15, -0.1) is 0 Å². The van der Waals surface area contributed by atoms with E-state index in [2.05, 4.69) is 41.0 Å². The lowest BCUT2D eigenvalue weighted by Crippen LogP contribution is -2.27. The monoisotopic (exact) mass is 348 g/mol. The summed E-state index contributed by atoms with van der Waals surface area (Å²) in [5.41, 5.74) is 1.87. The van der Waals surface area contributed by atoms with Gasteiger partial charge in [-0.2, -0.15) is 0 Å². The van der Waals surface area contributed by atoms with Crippen LogP contribution in [0.2, 0.25) is 0 Å². The molecule has 0 saturated heterocycles. The fourth-order valence-corrected chi connectivity index (χ4v) is 3.76. The van der Waals surface area contributed by atoms with Gasteiger partial charge in [0.15, 0.2) is 4.80 Å². The van der Waals surface area contributed by atoms with E-state index < -0.39 is 0 Å². The van der Waals surface area contributed by atoms with Crippen molar-refractivity contribution in [2.45, 2.75) is 39.7 Å². The summed E-state index contributed by atoms with van der Waals surface area (Å²) in [5, 5.41) is 6.24. The largest absolute Gasteiger partial charge is 0.352 e. The van der Waals surface area contributed by atoms with Crippen molar-refractivity contribution in [2.75, 3.05) is 26.7 Å². The fraction of sp³-hybridized carbons (Fsp3) is 0.556. The van der Waals surface area contributed by atoms with Gasteiger partial charge in [0.1, 0.15) is 0 Å². The van der Waals surface area contributed by atoms with Crippen LogP contribution in [-0.4, -0.2) is 37.2 Å². The molecule has 0 fully saturated rings. The molecule has 0 aliphatic carbocycles. The number of thiazole rings is 1. The number of nitrogens with zero attached hydrogens (tertiary/aromatic N) is 2. The highest BCUT2D eigenvalue weighted by Gasteiger charge is 2.13. The first-order valence-electron chi connectivity index (χ1n) is 8.69. The number of carbonyl (C=O) groups excluding carboxylic acids is 1. The van der Waals surface area contributed by atoms with Gasteiger partial charge in [0.05, 0.1) is 10.2 Å². The Bertz CT molecular complexity index is 747. The Labute approximate surface area is 147 Å². The highest BCUT2D eigenvalue weighted by atomic mass is 32.1. The first-order valence-corrected chi connectivity index (χ1v) is 9.50. The molecule has 5 nitrogen and oxygen atoms in total. The molecule has 1 aromatic heterocycles. The average molecular weight is 349 g/mol. The molecule has 1 heterocycles. The minimum absolute atomic E-state index is 0.00752. The third kappa shape index (κ3) is 4.24. The van der Waals surface area contributed by atoms with Gasteiger partial charge in [-0.25, -0.2) is 0 Å². The van der Waals surface area contributed by atoms with Crippen LogP contribution < -0.4 is 15.4 Å². The van der Waals surface area contributed by atoms with E-state index in [9.17, 15) is 4.79 Å². The summed E-state index contributed by atoms with van der Waals surface area (Å²) in [6.45, 7) is 9.04. The molecule has 0 spiro atoms. The maximum Gasteiger partial charge on any atom is 0.251 e. The molecule has 0 aliphatic heterocycles. The predicted octanol–water partition coefficient (Wildman–Crippen LogP) is 2.93. The van der Waals surface area contributed by atoms with Crippen molar-refractivity contribution >= 4 is 27.5 Å². The van der Waals surface area contributed by atoms with E-state index >= 15 is 0 Å². The van der Waals surface area contributed by atoms with Crippen molar-refractivity contribution in [2.24, 2.45) is 4.99 Å². The molecule has 1 amide bonds. The summed E-state index contributed by atoms with van der Waals surface area (Å²) in [4.78, 5) is 17.7. The second-order valence-electron chi connectivity index (χ2n) is 5.88. The first kappa shape index (κ1) is 18.7. The summed E-state index contributed by atoms with van der Waals surface area (Å²) < 4.78 is 3.37. The molecule has 0 saturated carbocycles. The number of hydrogen-bond acceptors (Lipinski definition) is 4. The van der Waals surface area contributed by atoms with Crippen LogP contribution in [0.25, 0.3) is 10.2 Å². The Kier molecular flexibility index (Phi) is 6.99. The Hall–Kier alpha value is -1.66. The lowest BCUT2D eigenvalue weighted by Gasteiger charge is -2.12. The van der Waals surface area contributed by atoms with E-state index in [1.165, 1.54) is 0 Å². The molecule has 2 rings (SSSR count). The number of amides is 1. The van der Waals surface area contributed by atoms with Crippen molar-refractivity contribution in [3.05, 3.63) is 28.6 Å². The quantitative estimate of drug-likeness (QED) is 0.721. The van der Waals surface area contributed by atoms with Gasteiger partial charge in [0, 0.05) is 25.2 Å². The maximum atomic E-state index is 12.3. The summed E-state index contributed by atoms with van der Waals surface area (Å²) in [5.74, 6) is -0.00752. The van der Waals surface area contributed by atoms with Crippen LogP contribution in [0.15, 0.2) is 23.2 Å². The van der Waals surface area contributed by atoms with Crippen molar-refractivity contribution in [3.8, 4) is 0 Å². The second kappa shape index (κ2) is 8.99. The summed E-state index contributed by atoms with van der Waals surface area (Å²) in [7, 11) is 1.82. The van der Waals surface area contributed by atoms with Crippen LogP contribution in [0.5, 0.6) is 0 Å². The molecule has 2 N–H and O–H groups in total. The normalized spacial score (nSPS) is 13.4. The van der Waals surface area contributed by atoms with Gasteiger partial charge in [0.2, 0.25) is 0 Å². The molecule has 1 aromatic carbocycles. The van der Waals surface area contributed by atoms with Gasteiger partial charge in [0.25, 0.3) is 5.91 Å². The number of rotatable bonds is 8. The zero-order valence-electron chi connectivity index (χ0n) is 15.1. The van der Waals surface area contributed by atoms with Gasteiger partial charge in [-0.05, 0) is 51.1 Å². The summed E-state index contributed by atoms with van der Waals surface area (Å²) in [6, 6.07) is 6.32. The van der Waals surface area contributed by atoms with Gasteiger partial charge in [-0.3, -0.25) is 9.79 Å². The standard InChI is InChI=1S/C18H28N4OS/c1-5-13(3)22-15-9-8-14(12-16(15)24-18(22)19-4)17(23)21-11-7-10-20-6-2/h8-9,12-13,20H,5-7,10-11H2,1-4H3,(H,21,23)/t13-/m0/s1. The number of carbonyl (C=O) groups is 1. The molecule has 0 bridgehead atoms. The molecule has 0 unspecified atom stereocenters. The van der Waals surface area contributed by atoms with E-state index in [1.807, 2.05) is 25.2 Å². The molecule has 0 aliphatic rings. The maximum absolute atomic E-state index is 12.3. The Morgan fingerprint density at radius 1 is 1.33 bits per heavy atom. The van der Waals surface area contributed by atoms with Crippen LogP contribution in [0.4, 0.5) is 0 Å². The molecular formula is C18H28N4OS. The van der Waals surface area contributed by atoms with Gasteiger partial charge < -0.3 is 15.2 Å². The van der Waals surface area contributed by atoms with Crippen LogP contribution in [0.3, 0.4) is 0 Å². The lowest BCUT2D eigenvalue weighted by molar-refractivity contribution is 0.0953. The fourth-order valence-electron chi connectivity index (χ4n) is 2.64. The van der Waals surface area contributed by atoms with Crippen LogP contribution in [-0.2, 0) is 0 Å². The third-order valence-electron chi connectivity index (χ3n) is 4.18. The first-order chi connectivity index (χ1) is 11.6. The van der Waals surface area contributed by atoms with E-state index in [4.69, 9.17) is 0 Å². The molecule has 2 aromatic rings. The van der Waals surface area contributed by atoms with Crippen molar-refractivity contribution in [1.29, 1.82) is 0 Å². The molecule has 1 atom stereocenters. The Balaban J connectivity index is 2.18. The van der Waals surface area contributed by atoms with E-state index in [-0.39, 0.29) is 5.91 Å². The highest BCUT2D eigenvalue weighted by Crippen LogP contribution is 2.23. The lowest BCUT2D eigenvalue weighted by atomic mass is 10.2. The minimum Gasteiger partial charge on any atom is -0.352 e. The topological polar surface area (TPSA) is 58.4 Å². The number of nitrogens with one attached hydrogen (secondary N) is 2. The predicted molar refractivity (Wildman–Crippen MR) is 102 cm³/mol. The van der Waals surface area contributed by atoms with Gasteiger partial charge in [-0.1, -0.05) is 25.2 Å². The number of hydrogen-bond donors (Lipinski definition) is 2.